The Bertz CT molecular complexity index is 3090. The van der Waals surface area contributed by atoms with Gasteiger partial charge in [-0.15, -0.1) is 0 Å². The second-order valence-corrected chi connectivity index (χ2v) is 13.3. The van der Waals surface area contributed by atoms with Crippen LogP contribution < -0.4 is 0 Å². The van der Waals surface area contributed by atoms with Gasteiger partial charge in [0.25, 0.3) is 0 Å². The summed E-state index contributed by atoms with van der Waals surface area (Å²) >= 11 is 0. The van der Waals surface area contributed by atoms with E-state index in [1.54, 1.807) is 0 Å². The van der Waals surface area contributed by atoms with Crippen molar-refractivity contribution in [3.63, 3.8) is 0 Å². The molecule has 0 N–H and O–H groups in total. The fraction of sp³-hybridized carbons (Fsp3) is 0. The maximum absolute atomic E-state index is 6.36. The smallest absolute Gasteiger partial charge is 0.137 e. The number of hydrogen-bond acceptors (Lipinski definition) is 1. The van der Waals surface area contributed by atoms with Crippen LogP contribution >= 0.6 is 0 Å². The highest BCUT2D eigenvalue weighted by Crippen LogP contribution is 2.41. The van der Waals surface area contributed by atoms with E-state index in [4.69, 9.17) is 4.42 Å². The molecule has 11 aromatic rings. The van der Waals surface area contributed by atoms with Gasteiger partial charge in [0.15, 0.2) is 0 Å². The third kappa shape index (κ3) is 4.19. The Morgan fingerprint density at radius 2 is 0.863 bits per heavy atom. The third-order valence-corrected chi connectivity index (χ3v) is 10.5. The maximum Gasteiger partial charge on any atom is 0.137 e. The molecule has 3 nitrogen and oxygen atoms in total. The molecule has 0 atom stereocenters. The number of para-hydroxylation sites is 4. The van der Waals surface area contributed by atoms with Crippen molar-refractivity contribution in [1.29, 1.82) is 0 Å². The Kier molecular flexibility index (Phi) is 5.96. The standard InChI is InChI=1S/C48H30N2O/c1-2-13-31(14-3-1)33-27-34(29-35(28-33)49-41-19-8-4-15-36(41)37-16-5-9-20-42(37)49)32-25-26-39-38-17-6-10-21-43(38)50(45(39)30-32)44-22-12-24-47-48(44)40-18-7-11-23-46(40)51-47/h1-30H. The summed E-state index contributed by atoms with van der Waals surface area (Å²) in [5.74, 6) is 0. The maximum atomic E-state index is 6.36. The van der Waals surface area contributed by atoms with Gasteiger partial charge in [0.05, 0.1) is 33.1 Å². The van der Waals surface area contributed by atoms with Gasteiger partial charge in [0, 0.05) is 32.6 Å². The molecule has 0 aliphatic heterocycles. The van der Waals surface area contributed by atoms with Crippen LogP contribution in [0.4, 0.5) is 0 Å². The van der Waals surface area contributed by atoms with Gasteiger partial charge in [-0.2, -0.15) is 0 Å². The lowest BCUT2D eigenvalue weighted by Crippen LogP contribution is -1.96. The molecule has 0 bridgehead atoms. The lowest BCUT2D eigenvalue weighted by Gasteiger charge is -2.15. The number of furan rings is 1. The Hall–Kier alpha value is -6.84. The van der Waals surface area contributed by atoms with Crippen molar-refractivity contribution in [1.82, 2.24) is 9.13 Å². The van der Waals surface area contributed by atoms with Crippen LogP contribution in [-0.2, 0) is 0 Å². The molecule has 0 fully saturated rings. The van der Waals surface area contributed by atoms with E-state index in [1.165, 1.54) is 54.8 Å². The first-order valence-corrected chi connectivity index (χ1v) is 17.4. The Morgan fingerprint density at radius 1 is 0.314 bits per heavy atom. The van der Waals surface area contributed by atoms with Gasteiger partial charge < -0.3 is 13.6 Å². The van der Waals surface area contributed by atoms with E-state index in [1.807, 2.05) is 6.07 Å². The van der Waals surface area contributed by atoms with Gasteiger partial charge in [-0.3, -0.25) is 0 Å². The van der Waals surface area contributed by atoms with E-state index >= 15 is 0 Å². The number of hydrogen-bond donors (Lipinski definition) is 0. The van der Waals surface area contributed by atoms with E-state index < -0.39 is 0 Å². The van der Waals surface area contributed by atoms with Gasteiger partial charge >= 0.3 is 0 Å². The molecular formula is C48H30N2O. The van der Waals surface area contributed by atoms with Gasteiger partial charge in [-0.1, -0.05) is 121 Å². The van der Waals surface area contributed by atoms with Crippen molar-refractivity contribution in [3.05, 3.63) is 182 Å². The highest BCUT2D eigenvalue weighted by molar-refractivity contribution is 6.15. The average molecular weight is 651 g/mol. The normalized spacial score (nSPS) is 11.9. The quantitative estimate of drug-likeness (QED) is 0.186. The molecule has 3 aromatic heterocycles. The van der Waals surface area contributed by atoms with Crippen molar-refractivity contribution in [2.45, 2.75) is 0 Å². The molecule has 0 spiro atoms. The van der Waals surface area contributed by atoms with Crippen LogP contribution in [0.3, 0.4) is 0 Å². The summed E-state index contributed by atoms with van der Waals surface area (Å²) in [6, 6.07) is 65.6. The second-order valence-electron chi connectivity index (χ2n) is 13.3. The Balaban J connectivity index is 1.20. The third-order valence-electron chi connectivity index (χ3n) is 10.5. The van der Waals surface area contributed by atoms with Crippen LogP contribution in [0.25, 0.3) is 99.2 Å². The number of benzene rings is 8. The number of nitrogens with zero attached hydrogens (tertiary/aromatic N) is 2. The van der Waals surface area contributed by atoms with Gasteiger partial charge in [-0.05, 0) is 82.9 Å². The SMILES string of the molecule is c1ccc(-c2cc(-c3ccc4c5ccccc5n(-c5cccc6oc7ccccc7c56)c4c3)cc(-n3c4ccccc4c4ccccc43)c2)cc1. The van der Waals surface area contributed by atoms with E-state index in [-0.39, 0.29) is 0 Å². The lowest BCUT2D eigenvalue weighted by molar-refractivity contribution is 0.669. The zero-order valence-electron chi connectivity index (χ0n) is 27.6. The molecule has 3 heterocycles. The fourth-order valence-corrected chi connectivity index (χ4v) is 8.26. The van der Waals surface area contributed by atoms with Crippen molar-refractivity contribution in [2.75, 3.05) is 0 Å². The summed E-state index contributed by atoms with van der Waals surface area (Å²) in [6.07, 6.45) is 0. The van der Waals surface area contributed by atoms with Crippen LogP contribution in [0, 0.1) is 0 Å². The molecule has 11 rings (SSSR count). The molecule has 0 aliphatic rings. The van der Waals surface area contributed by atoms with E-state index in [9.17, 15) is 0 Å². The van der Waals surface area contributed by atoms with Crippen molar-refractivity contribution < 1.29 is 4.42 Å². The largest absolute Gasteiger partial charge is 0.456 e. The molecular weight excluding hydrogens is 621 g/mol. The van der Waals surface area contributed by atoms with E-state index in [0.29, 0.717) is 0 Å². The minimum absolute atomic E-state index is 0.891. The first kappa shape index (κ1) is 28.0. The molecule has 0 aliphatic carbocycles. The second kappa shape index (κ2) is 10.8. The predicted molar refractivity (Wildman–Crippen MR) is 213 cm³/mol. The molecule has 0 unspecified atom stereocenters. The monoisotopic (exact) mass is 650 g/mol. The summed E-state index contributed by atoms with van der Waals surface area (Å²) in [5, 5.41) is 7.21. The van der Waals surface area contributed by atoms with Crippen LogP contribution in [0.2, 0.25) is 0 Å². The fourth-order valence-electron chi connectivity index (χ4n) is 8.26. The summed E-state index contributed by atoms with van der Waals surface area (Å²) < 4.78 is 11.2. The molecule has 0 amide bonds. The van der Waals surface area contributed by atoms with Crippen LogP contribution in [0.1, 0.15) is 0 Å². The summed E-state index contributed by atoms with van der Waals surface area (Å²) in [6.45, 7) is 0. The van der Waals surface area contributed by atoms with Gasteiger partial charge in [-0.25, -0.2) is 0 Å². The minimum Gasteiger partial charge on any atom is -0.456 e. The van der Waals surface area contributed by atoms with Crippen molar-refractivity contribution >= 4 is 65.6 Å². The first-order chi connectivity index (χ1) is 25.3. The highest BCUT2D eigenvalue weighted by atomic mass is 16.3. The summed E-state index contributed by atoms with van der Waals surface area (Å²) in [5.41, 5.74) is 13.5. The predicted octanol–water partition coefficient (Wildman–Crippen LogP) is 13.1. The molecule has 0 saturated carbocycles. The number of rotatable bonds is 4. The summed E-state index contributed by atoms with van der Waals surface area (Å²) in [4.78, 5) is 0. The van der Waals surface area contributed by atoms with Crippen LogP contribution in [0.5, 0.6) is 0 Å². The molecule has 0 saturated heterocycles. The van der Waals surface area contributed by atoms with Crippen molar-refractivity contribution in [3.8, 4) is 33.6 Å². The summed E-state index contributed by atoms with van der Waals surface area (Å²) in [7, 11) is 0. The molecule has 238 valence electrons. The Morgan fingerprint density at radius 3 is 1.57 bits per heavy atom. The van der Waals surface area contributed by atoms with E-state index in [2.05, 4.69) is 185 Å². The van der Waals surface area contributed by atoms with Gasteiger partial charge in [0.1, 0.15) is 11.2 Å². The Labute approximate surface area is 293 Å². The van der Waals surface area contributed by atoms with Crippen LogP contribution in [0.15, 0.2) is 186 Å². The minimum atomic E-state index is 0.891. The average Bonchev–Trinajstić information content (AvgIpc) is 3.86. The molecule has 51 heavy (non-hydrogen) atoms. The molecule has 3 heteroatoms. The first-order valence-electron chi connectivity index (χ1n) is 17.4. The topological polar surface area (TPSA) is 23.0 Å². The highest BCUT2D eigenvalue weighted by Gasteiger charge is 2.19. The molecule has 8 aromatic carbocycles. The van der Waals surface area contributed by atoms with Crippen molar-refractivity contribution in [2.24, 2.45) is 0 Å². The zero-order valence-corrected chi connectivity index (χ0v) is 27.6. The van der Waals surface area contributed by atoms with Gasteiger partial charge in [0.2, 0.25) is 0 Å². The number of fused-ring (bicyclic) bond motifs is 9. The van der Waals surface area contributed by atoms with E-state index in [0.717, 1.165) is 44.4 Å². The van der Waals surface area contributed by atoms with Crippen LogP contribution in [-0.4, -0.2) is 9.13 Å². The molecule has 0 radical (unpaired) electrons. The lowest BCUT2D eigenvalue weighted by atomic mass is 9.97. The number of aromatic nitrogens is 2. The zero-order chi connectivity index (χ0) is 33.5.